The number of ether oxygens (including phenoxy) is 1. The van der Waals surface area contributed by atoms with Gasteiger partial charge in [-0.25, -0.2) is 4.98 Å². The van der Waals surface area contributed by atoms with E-state index in [0.717, 1.165) is 22.6 Å². The number of rotatable bonds is 7. The molecule has 0 unspecified atom stereocenters. The third-order valence-electron chi connectivity index (χ3n) is 4.58. The van der Waals surface area contributed by atoms with Crippen molar-refractivity contribution in [2.45, 2.75) is 6.54 Å². The molecule has 0 atom stereocenters. The molecule has 2 heterocycles. The Bertz CT molecular complexity index is 1110. The number of methoxy groups -OCH3 is 1. The highest BCUT2D eigenvalue weighted by molar-refractivity contribution is 6.06. The second kappa shape index (κ2) is 8.39. The maximum Gasteiger partial charge on any atom is 0.185 e. The van der Waals surface area contributed by atoms with Crippen molar-refractivity contribution in [3.05, 3.63) is 102 Å². The number of carbonyl (C=O) groups is 1. The van der Waals surface area contributed by atoms with Crippen molar-refractivity contribution in [2.24, 2.45) is 0 Å². The van der Waals surface area contributed by atoms with Gasteiger partial charge in [-0.3, -0.25) is 9.48 Å². The summed E-state index contributed by atoms with van der Waals surface area (Å²) in [6, 6.07) is 15.2. The van der Waals surface area contributed by atoms with Crippen LogP contribution in [0.4, 0.5) is 0 Å². The van der Waals surface area contributed by atoms with E-state index in [0.29, 0.717) is 12.1 Å². The number of hydrogen-bond donors (Lipinski definition) is 0. The first-order valence-electron chi connectivity index (χ1n) is 9.18. The summed E-state index contributed by atoms with van der Waals surface area (Å²) in [5.41, 5.74) is 3.52. The van der Waals surface area contributed by atoms with Gasteiger partial charge in [0.25, 0.3) is 0 Å². The first kappa shape index (κ1) is 18.4. The van der Waals surface area contributed by atoms with E-state index < -0.39 is 0 Å². The normalized spacial score (nSPS) is 11.1. The Hall–Kier alpha value is -3.93. The van der Waals surface area contributed by atoms with E-state index >= 15 is 0 Å². The van der Waals surface area contributed by atoms with Crippen LogP contribution in [0.5, 0.6) is 5.75 Å². The van der Waals surface area contributed by atoms with Gasteiger partial charge in [-0.15, -0.1) is 0 Å². The van der Waals surface area contributed by atoms with Gasteiger partial charge in [0.2, 0.25) is 0 Å². The highest BCUT2D eigenvalue weighted by atomic mass is 16.5. The minimum absolute atomic E-state index is 0.0494. The molecule has 2 aromatic carbocycles. The standard InChI is InChI=1S/C23H20N4O2/c1-29-23-10-4-18(15-20(23)16-27-13-2-11-25-27)3-9-22(28)19-5-7-21(8-6-19)26-14-12-24-17-26/h2-15,17H,16H2,1H3/b9-3+. The molecule has 0 aliphatic rings. The van der Waals surface area contributed by atoms with Crippen LogP contribution in [-0.4, -0.2) is 32.2 Å². The second-order valence-corrected chi connectivity index (χ2v) is 6.49. The average molecular weight is 384 g/mol. The van der Waals surface area contributed by atoms with Crippen LogP contribution < -0.4 is 4.74 Å². The molecule has 0 fully saturated rings. The Balaban J connectivity index is 1.50. The number of nitrogens with zero attached hydrogens (tertiary/aromatic N) is 4. The van der Waals surface area contributed by atoms with Gasteiger partial charge in [0, 0.05) is 41.6 Å². The van der Waals surface area contributed by atoms with Crippen LogP contribution in [0.3, 0.4) is 0 Å². The van der Waals surface area contributed by atoms with Crippen LogP contribution in [0.2, 0.25) is 0 Å². The molecule has 0 amide bonds. The molecular formula is C23H20N4O2. The third-order valence-corrected chi connectivity index (χ3v) is 4.58. The Morgan fingerprint density at radius 1 is 1.10 bits per heavy atom. The zero-order valence-corrected chi connectivity index (χ0v) is 16.0. The van der Waals surface area contributed by atoms with E-state index in [9.17, 15) is 4.79 Å². The van der Waals surface area contributed by atoms with E-state index in [4.69, 9.17) is 4.74 Å². The van der Waals surface area contributed by atoms with E-state index in [-0.39, 0.29) is 5.78 Å². The zero-order valence-electron chi connectivity index (χ0n) is 16.0. The summed E-state index contributed by atoms with van der Waals surface area (Å²) in [7, 11) is 1.65. The Kier molecular flexibility index (Phi) is 5.33. The lowest BCUT2D eigenvalue weighted by Crippen LogP contribution is -2.02. The molecule has 0 saturated carbocycles. The first-order valence-corrected chi connectivity index (χ1v) is 9.18. The minimum atomic E-state index is -0.0494. The van der Waals surface area contributed by atoms with Gasteiger partial charge in [-0.05, 0) is 54.1 Å². The number of allylic oxidation sites excluding steroid dienone is 1. The van der Waals surface area contributed by atoms with Crippen molar-refractivity contribution >= 4 is 11.9 Å². The van der Waals surface area contributed by atoms with Gasteiger partial charge < -0.3 is 9.30 Å². The van der Waals surface area contributed by atoms with Crippen molar-refractivity contribution < 1.29 is 9.53 Å². The lowest BCUT2D eigenvalue weighted by Gasteiger charge is -2.09. The fourth-order valence-corrected chi connectivity index (χ4v) is 3.07. The highest BCUT2D eigenvalue weighted by Crippen LogP contribution is 2.22. The van der Waals surface area contributed by atoms with Crippen molar-refractivity contribution in [1.82, 2.24) is 19.3 Å². The molecule has 0 saturated heterocycles. The summed E-state index contributed by atoms with van der Waals surface area (Å²) in [6.07, 6.45) is 12.4. The van der Waals surface area contributed by atoms with Gasteiger partial charge in [0.15, 0.2) is 5.78 Å². The Morgan fingerprint density at radius 2 is 1.97 bits per heavy atom. The minimum Gasteiger partial charge on any atom is -0.496 e. The van der Waals surface area contributed by atoms with E-state index in [2.05, 4.69) is 10.1 Å². The van der Waals surface area contributed by atoms with Gasteiger partial charge in [-0.1, -0.05) is 12.1 Å². The molecule has 0 radical (unpaired) electrons. The maximum absolute atomic E-state index is 12.5. The molecule has 144 valence electrons. The summed E-state index contributed by atoms with van der Waals surface area (Å²) >= 11 is 0. The lowest BCUT2D eigenvalue weighted by atomic mass is 10.1. The molecule has 2 aromatic heterocycles. The summed E-state index contributed by atoms with van der Waals surface area (Å²) in [6.45, 7) is 0.599. The molecule has 0 bridgehead atoms. The number of aromatic nitrogens is 4. The van der Waals surface area contributed by atoms with E-state index in [1.54, 1.807) is 31.9 Å². The molecule has 0 aliphatic heterocycles. The molecule has 0 N–H and O–H groups in total. The molecular weight excluding hydrogens is 364 g/mol. The van der Waals surface area contributed by atoms with Crippen LogP contribution in [0, 0.1) is 0 Å². The Labute approximate surface area is 168 Å². The molecule has 6 heteroatoms. The van der Waals surface area contributed by atoms with Gasteiger partial charge >= 0.3 is 0 Å². The number of imidazole rings is 1. The topological polar surface area (TPSA) is 61.9 Å². The molecule has 29 heavy (non-hydrogen) atoms. The third kappa shape index (κ3) is 4.32. The fourth-order valence-electron chi connectivity index (χ4n) is 3.07. The highest BCUT2D eigenvalue weighted by Gasteiger charge is 2.06. The van der Waals surface area contributed by atoms with Crippen LogP contribution in [0.15, 0.2) is 85.7 Å². The molecule has 4 aromatic rings. The average Bonchev–Trinajstić information content (AvgIpc) is 3.47. The zero-order chi connectivity index (χ0) is 20.1. The van der Waals surface area contributed by atoms with Crippen LogP contribution >= 0.6 is 0 Å². The lowest BCUT2D eigenvalue weighted by molar-refractivity contribution is 0.104. The predicted molar refractivity (Wildman–Crippen MR) is 111 cm³/mol. The van der Waals surface area contributed by atoms with Crippen molar-refractivity contribution in [2.75, 3.05) is 7.11 Å². The number of benzene rings is 2. The molecule has 4 rings (SSSR count). The summed E-state index contributed by atoms with van der Waals surface area (Å²) in [5, 5.41) is 4.24. The summed E-state index contributed by atoms with van der Waals surface area (Å²) < 4.78 is 9.17. The number of hydrogen-bond acceptors (Lipinski definition) is 4. The van der Waals surface area contributed by atoms with Crippen LogP contribution in [0.25, 0.3) is 11.8 Å². The second-order valence-electron chi connectivity index (χ2n) is 6.49. The molecule has 0 spiro atoms. The van der Waals surface area contributed by atoms with E-state index in [1.807, 2.05) is 76.2 Å². The van der Waals surface area contributed by atoms with Crippen LogP contribution in [0.1, 0.15) is 21.5 Å². The SMILES string of the molecule is COc1ccc(/C=C/C(=O)c2ccc(-n3ccnc3)cc2)cc1Cn1cccn1. The monoisotopic (exact) mass is 384 g/mol. The number of carbonyl (C=O) groups excluding carboxylic acids is 1. The van der Waals surface area contributed by atoms with Gasteiger partial charge in [-0.2, -0.15) is 5.10 Å². The molecule has 0 aliphatic carbocycles. The Morgan fingerprint density at radius 3 is 2.66 bits per heavy atom. The maximum atomic E-state index is 12.5. The predicted octanol–water partition coefficient (Wildman–Crippen LogP) is 4.02. The quantitative estimate of drug-likeness (QED) is 0.357. The summed E-state index contributed by atoms with van der Waals surface area (Å²) in [4.78, 5) is 16.6. The number of ketones is 1. The van der Waals surface area contributed by atoms with Gasteiger partial charge in [0.05, 0.1) is 20.0 Å². The summed E-state index contributed by atoms with van der Waals surface area (Å²) in [5.74, 6) is 0.741. The van der Waals surface area contributed by atoms with Gasteiger partial charge in [0.1, 0.15) is 5.75 Å². The van der Waals surface area contributed by atoms with E-state index in [1.165, 1.54) is 0 Å². The van der Waals surface area contributed by atoms with Crippen LogP contribution in [-0.2, 0) is 6.54 Å². The van der Waals surface area contributed by atoms with Crippen molar-refractivity contribution in [3.8, 4) is 11.4 Å². The van der Waals surface area contributed by atoms with Crippen molar-refractivity contribution in [3.63, 3.8) is 0 Å². The first-order chi connectivity index (χ1) is 14.2. The van der Waals surface area contributed by atoms with Crippen molar-refractivity contribution in [1.29, 1.82) is 0 Å². The largest absolute Gasteiger partial charge is 0.496 e. The molecule has 6 nitrogen and oxygen atoms in total. The smallest absolute Gasteiger partial charge is 0.185 e. The fraction of sp³-hybridized carbons (Fsp3) is 0.0870.